The third kappa shape index (κ3) is 2.50. The van der Waals surface area contributed by atoms with Crippen LogP contribution in [0.2, 0.25) is 0 Å². The lowest BCUT2D eigenvalue weighted by molar-refractivity contribution is -0.690. The fourth-order valence-electron chi connectivity index (χ4n) is 3.95. The fraction of sp³-hybridized carbons (Fsp3) is 0.368. The molecule has 1 aliphatic rings. The third-order valence-electron chi connectivity index (χ3n) is 5.45. The molecule has 136 valence electrons. The van der Waals surface area contributed by atoms with E-state index in [1.54, 1.807) is 4.57 Å². The topological polar surface area (TPSA) is 90.4 Å². The first-order valence-corrected chi connectivity index (χ1v) is 9.44. The van der Waals surface area contributed by atoms with Gasteiger partial charge in [-0.3, -0.25) is 14.3 Å². The first kappa shape index (κ1) is 17.1. The highest BCUT2D eigenvalue weighted by Gasteiger charge is 2.34. The summed E-state index contributed by atoms with van der Waals surface area (Å²) in [6.45, 7) is 4.87. The average Bonchev–Trinajstić information content (AvgIpc) is 3.00. The minimum absolute atomic E-state index is 0.00359. The molecule has 0 bridgehead atoms. The van der Waals surface area contributed by atoms with Crippen molar-refractivity contribution in [1.82, 2.24) is 14.5 Å². The molecule has 5 N–H and O–H groups in total. The van der Waals surface area contributed by atoms with E-state index in [2.05, 4.69) is 21.4 Å². The lowest BCUT2D eigenvalue weighted by atomic mass is 9.95. The zero-order chi connectivity index (χ0) is 18.4. The average molecular weight is 371 g/mol. The Labute approximate surface area is 155 Å². The highest BCUT2D eigenvalue weighted by Crippen LogP contribution is 2.33. The highest BCUT2D eigenvalue weighted by molar-refractivity contribution is 7.71. The van der Waals surface area contributed by atoms with Crippen LogP contribution in [-0.2, 0) is 6.42 Å². The van der Waals surface area contributed by atoms with Gasteiger partial charge in [-0.25, -0.2) is 0 Å². The zero-order valence-electron chi connectivity index (χ0n) is 14.9. The molecule has 2 aromatic heterocycles. The summed E-state index contributed by atoms with van der Waals surface area (Å²) in [4.78, 5) is 18.9. The number of nitrogens with one attached hydrogen (secondary N) is 2. The summed E-state index contributed by atoms with van der Waals surface area (Å²) >= 11 is 5.29. The lowest BCUT2D eigenvalue weighted by Gasteiger charge is -2.24. The van der Waals surface area contributed by atoms with E-state index in [9.17, 15) is 9.90 Å². The molecule has 7 heteroatoms. The van der Waals surface area contributed by atoms with Crippen molar-refractivity contribution in [1.29, 1.82) is 0 Å². The largest absolute Gasteiger partial charge is 0.494 e. The fourth-order valence-corrected chi connectivity index (χ4v) is 4.31. The van der Waals surface area contributed by atoms with Crippen LogP contribution in [0.1, 0.15) is 49.2 Å². The maximum Gasteiger partial charge on any atom is 0.265 e. The summed E-state index contributed by atoms with van der Waals surface area (Å²) in [6.07, 6.45) is 1.73. The number of nitrogens with zero attached hydrogens (tertiary/aromatic N) is 1. The number of fused-ring (bicyclic) bond motifs is 3. The second-order valence-corrected chi connectivity index (χ2v) is 7.33. The lowest BCUT2D eigenvalue weighted by Crippen LogP contribution is -2.87. The van der Waals surface area contributed by atoms with Gasteiger partial charge in [-0.15, -0.1) is 0 Å². The Morgan fingerprint density at radius 2 is 2.15 bits per heavy atom. The molecule has 0 aliphatic carbocycles. The van der Waals surface area contributed by atoms with Gasteiger partial charge in [0.25, 0.3) is 5.56 Å². The quantitative estimate of drug-likeness (QED) is 0.533. The number of hydrogen-bond donors (Lipinski definition) is 4. The minimum Gasteiger partial charge on any atom is -0.494 e. The molecule has 6 nitrogen and oxygen atoms in total. The van der Waals surface area contributed by atoms with Gasteiger partial charge in [-0.05, 0) is 37.2 Å². The zero-order valence-corrected chi connectivity index (χ0v) is 15.7. The summed E-state index contributed by atoms with van der Waals surface area (Å²) in [5.74, 6) is -0.0270. The number of rotatable bonds is 3. The van der Waals surface area contributed by atoms with Gasteiger partial charge in [-0.2, -0.15) is 0 Å². The second kappa shape index (κ2) is 6.41. The van der Waals surface area contributed by atoms with E-state index in [0.717, 1.165) is 30.6 Å². The summed E-state index contributed by atoms with van der Waals surface area (Å²) in [5, 5.41) is 14.2. The molecule has 0 radical (unpaired) electrons. The van der Waals surface area contributed by atoms with Crippen molar-refractivity contribution in [3.63, 3.8) is 0 Å². The number of aromatic amines is 2. The van der Waals surface area contributed by atoms with E-state index >= 15 is 0 Å². The molecule has 1 aromatic carbocycles. The van der Waals surface area contributed by atoms with Gasteiger partial charge in [0.05, 0.1) is 12.2 Å². The van der Waals surface area contributed by atoms with Gasteiger partial charge >= 0.3 is 0 Å². The number of H-pyrrole nitrogens is 2. The number of quaternary nitrogens is 1. The van der Waals surface area contributed by atoms with Crippen molar-refractivity contribution in [2.75, 3.05) is 6.54 Å². The van der Waals surface area contributed by atoms with Crippen LogP contribution in [-0.4, -0.2) is 26.2 Å². The Morgan fingerprint density at radius 1 is 1.38 bits per heavy atom. The molecule has 0 saturated carbocycles. The van der Waals surface area contributed by atoms with Crippen LogP contribution in [0.25, 0.3) is 10.9 Å². The van der Waals surface area contributed by atoms with Crippen LogP contribution < -0.4 is 10.9 Å². The Morgan fingerprint density at radius 3 is 2.92 bits per heavy atom. The van der Waals surface area contributed by atoms with Crippen molar-refractivity contribution in [3.05, 3.63) is 56.2 Å². The predicted octanol–water partition coefficient (Wildman–Crippen LogP) is 2.27. The van der Waals surface area contributed by atoms with Crippen molar-refractivity contribution in [2.45, 2.75) is 38.8 Å². The van der Waals surface area contributed by atoms with Gasteiger partial charge in [0.15, 0.2) is 10.8 Å². The summed E-state index contributed by atoms with van der Waals surface area (Å²) in [7, 11) is 0. The van der Waals surface area contributed by atoms with E-state index in [1.807, 2.05) is 32.0 Å². The van der Waals surface area contributed by atoms with Crippen LogP contribution in [0.3, 0.4) is 0 Å². The van der Waals surface area contributed by atoms with Gasteiger partial charge in [-0.1, -0.05) is 25.1 Å². The Kier molecular flexibility index (Phi) is 4.20. The van der Waals surface area contributed by atoms with E-state index in [4.69, 9.17) is 12.2 Å². The number of hydrogen-bond acceptors (Lipinski definition) is 3. The summed E-state index contributed by atoms with van der Waals surface area (Å²) < 4.78 is 1.91. The van der Waals surface area contributed by atoms with Crippen LogP contribution >= 0.6 is 12.2 Å². The molecule has 0 amide bonds. The highest BCUT2D eigenvalue weighted by atomic mass is 32.1. The number of nitrogens with two attached hydrogens (primary N) is 1. The molecule has 26 heavy (non-hydrogen) atoms. The maximum absolute atomic E-state index is 12.7. The molecule has 3 aromatic rings. The molecule has 0 saturated heterocycles. The molecule has 3 heterocycles. The smallest absolute Gasteiger partial charge is 0.265 e. The monoisotopic (exact) mass is 371 g/mol. The molecule has 2 atom stereocenters. The number of aromatic nitrogens is 3. The first-order valence-electron chi connectivity index (χ1n) is 9.03. The minimum atomic E-state index is -0.320. The number of benzene rings is 1. The Bertz CT molecular complexity index is 1100. The van der Waals surface area contributed by atoms with E-state index in [-0.39, 0.29) is 28.3 Å². The van der Waals surface area contributed by atoms with Crippen LogP contribution in [0, 0.1) is 4.77 Å². The maximum atomic E-state index is 12.7. The van der Waals surface area contributed by atoms with Crippen molar-refractivity contribution in [3.8, 4) is 5.88 Å². The SMILES string of the molecule is CC[C@@H](C)n1c(O)c([C@H]2[NH2+]CCc3c2[nH]c2ccccc32)c(=O)[nH]c1=S. The van der Waals surface area contributed by atoms with Crippen LogP contribution in [0.5, 0.6) is 5.88 Å². The van der Waals surface area contributed by atoms with Gasteiger partial charge in [0.2, 0.25) is 5.88 Å². The van der Waals surface area contributed by atoms with Gasteiger partial charge in [0, 0.05) is 23.4 Å². The van der Waals surface area contributed by atoms with Crippen molar-refractivity contribution < 1.29 is 10.4 Å². The van der Waals surface area contributed by atoms with E-state index in [1.165, 1.54) is 10.9 Å². The standard InChI is InChI=1S/C19H22N4O2S/c1-3-10(2)23-18(25)14(17(24)22-19(23)26)16-15-12(8-9-20-16)11-6-4-5-7-13(11)21-15/h4-7,10,16,20-21,25H,3,8-9H2,1-2H3,(H,22,24,26)/p+1/t10-,16-/m1/s1. The van der Waals surface area contributed by atoms with E-state index in [0.29, 0.717) is 5.56 Å². The summed E-state index contributed by atoms with van der Waals surface area (Å²) in [6, 6.07) is 7.89. The molecular formula is C19H23N4O2S+. The molecular weight excluding hydrogens is 348 g/mol. The number of aromatic hydroxyl groups is 1. The van der Waals surface area contributed by atoms with Crippen LogP contribution in [0.4, 0.5) is 0 Å². The molecule has 0 spiro atoms. The van der Waals surface area contributed by atoms with E-state index < -0.39 is 0 Å². The first-order chi connectivity index (χ1) is 12.5. The predicted molar refractivity (Wildman–Crippen MR) is 103 cm³/mol. The van der Waals surface area contributed by atoms with Crippen molar-refractivity contribution in [2.24, 2.45) is 0 Å². The van der Waals surface area contributed by atoms with Gasteiger partial charge < -0.3 is 15.4 Å². The third-order valence-corrected chi connectivity index (χ3v) is 5.75. The molecule has 4 rings (SSSR count). The van der Waals surface area contributed by atoms with Crippen molar-refractivity contribution >= 4 is 23.1 Å². The number of para-hydroxylation sites is 1. The second-order valence-electron chi connectivity index (χ2n) is 6.94. The normalized spacial score (nSPS) is 18.0. The summed E-state index contributed by atoms with van der Waals surface area (Å²) in [5.41, 5.74) is 3.32. The van der Waals surface area contributed by atoms with Crippen LogP contribution in [0.15, 0.2) is 29.1 Å². The Balaban J connectivity index is 1.96. The Hall–Kier alpha value is -2.38. The molecule has 0 unspecified atom stereocenters. The molecule has 0 fully saturated rings. The molecule has 1 aliphatic heterocycles. The van der Waals surface area contributed by atoms with Gasteiger partial charge in [0.1, 0.15) is 5.56 Å².